The lowest BCUT2D eigenvalue weighted by atomic mass is 10.3. The number of nitrogens with zero attached hydrogens (tertiary/aromatic N) is 5. The third kappa shape index (κ3) is 1.51. The molecule has 0 fully saturated rings. The van der Waals surface area contributed by atoms with Gasteiger partial charge in [-0.2, -0.15) is 0 Å². The van der Waals surface area contributed by atoms with E-state index in [1.807, 2.05) is 0 Å². The largest absolute Gasteiger partial charge is 0.296 e. The Bertz CT molecular complexity index is 446. The van der Waals surface area contributed by atoms with Gasteiger partial charge < -0.3 is 0 Å². The summed E-state index contributed by atoms with van der Waals surface area (Å²) in [5.41, 5.74) is 1.67. The summed E-state index contributed by atoms with van der Waals surface area (Å²) >= 11 is 0. The molecule has 2 aromatic heterocycles. The monoisotopic (exact) mass is 193 g/mol. The molecule has 0 radical (unpaired) electrons. The molecular weight excluding hydrogens is 186 g/mol. The summed E-state index contributed by atoms with van der Waals surface area (Å²) in [6.45, 7) is 2.18. The van der Waals surface area contributed by atoms with Crippen LogP contribution in [0.1, 0.15) is 21.9 Å². The topological polar surface area (TPSA) is 86.7 Å². The van der Waals surface area contributed by atoms with Gasteiger partial charge in [0, 0.05) is 0 Å². The Labute approximate surface area is 78.7 Å². The van der Waals surface area contributed by atoms with Gasteiger partial charge in [0.1, 0.15) is 17.1 Å². The number of aldehydes is 1. The lowest BCUT2D eigenvalue weighted by molar-refractivity contribution is 0.111. The second-order valence-electron chi connectivity index (χ2n) is 2.76. The third-order valence-corrected chi connectivity index (χ3v) is 1.74. The summed E-state index contributed by atoms with van der Waals surface area (Å²) in [6.07, 6.45) is 2.17. The predicted octanol–water partition coefficient (Wildman–Crippen LogP) is -0.170. The molecule has 0 saturated heterocycles. The van der Waals surface area contributed by atoms with E-state index >= 15 is 0 Å². The normalized spacial score (nSPS) is 10.4. The van der Waals surface area contributed by atoms with E-state index in [0.29, 0.717) is 29.9 Å². The van der Waals surface area contributed by atoms with Crippen LogP contribution in [0, 0.1) is 6.92 Å². The van der Waals surface area contributed by atoms with Crippen molar-refractivity contribution in [3.8, 4) is 0 Å². The van der Waals surface area contributed by atoms with Crippen molar-refractivity contribution in [2.75, 3.05) is 0 Å². The molecule has 2 aromatic rings. The zero-order valence-corrected chi connectivity index (χ0v) is 7.41. The molecule has 14 heavy (non-hydrogen) atoms. The number of rotatable bonds is 3. The fourth-order valence-corrected chi connectivity index (χ4v) is 0.991. The van der Waals surface area contributed by atoms with E-state index in [2.05, 4.69) is 25.3 Å². The Morgan fingerprint density at radius 2 is 2.43 bits per heavy atom. The first-order valence-electron chi connectivity index (χ1n) is 3.93. The zero-order valence-electron chi connectivity index (χ0n) is 7.41. The van der Waals surface area contributed by atoms with Gasteiger partial charge in [0.25, 0.3) is 0 Å². The van der Waals surface area contributed by atoms with E-state index in [-0.39, 0.29) is 0 Å². The molecule has 0 saturated carbocycles. The molecule has 7 nitrogen and oxygen atoms in total. The maximum Gasteiger partial charge on any atom is 0.171 e. The van der Waals surface area contributed by atoms with Gasteiger partial charge in [-0.15, -0.1) is 5.10 Å². The van der Waals surface area contributed by atoms with Crippen molar-refractivity contribution in [3.63, 3.8) is 0 Å². The number of aromatic nitrogens is 5. The van der Waals surface area contributed by atoms with Gasteiger partial charge in [0.2, 0.25) is 0 Å². The highest BCUT2D eigenvalue weighted by atomic mass is 16.6. The molecule has 0 N–H and O–H groups in total. The Kier molecular flexibility index (Phi) is 2.05. The van der Waals surface area contributed by atoms with Crippen LogP contribution in [0.4, 0.5) is 0 Å². The minimum Gasteiger partial charge on any atom is -0.296 e. The molecule has 0 amide bonds. The van der Waals surface area contributed by atoms with E-state index in [1.165, 1.54) is 10.9 Å². The maximum atomic E-state index is 10.3. The second kappa shape index (κ2) is 3.36. The average molecular weight is 193 g/mol. The van der Waals surface area contributed by atoms with E-state index in [0.717, 1.165) is 0 Å². The lowest BCUT2D eigenvalue weighted by Gasteiger charge is -1.93. The standard InChI is InChI=1S/C7H7N5O2/c1-5-7(10-14-9-5)3-12-2-6(4-13)8-11-12/h2,4H,3H2,1H3. The van der Waals surface area contributed by atoms with Crippen molar-refractivity contribution >= 4 is 6.29 Å². The van der Waals surface area contributed by atoms with Crippen LogP contribution in [-0.4, -0.2) is 31.6 Å². The van der Waals surface area contributed by atoms with Crippen LogP contribution in [-0.2, 0) is 6.54 Å². The maximum absolute atomic E-state index is 10.3. The first kappa shape index (κ1) is 8.54. The summed E-state index contributed by atoms with van der Waals surface area (Å²) in [6, 6.07) is 0. The number of hydrogen-bond donors (Lipinski definition) is 0. The van der Waals surface area contributed by atoms with Crippen LogP contribution in [0.3, 0.4) is 0 Å². The van der Waals surface area contributed by atoms with Crippen molar-refractivity contribution in [1.82, 2.24) is 25.3 Å². The Morgan fingerprint density at radius 3 is 3.00 bits per heavy atom. The first-order chi connectivity index (χ1) is 6.79. The molecule has 0 atom stereocenters. The van der Waals surface area contributed by atoms with Crippen LogP contribution in [0.5, 0.6) is 0 Å². The lowest BCUT2D eigenvalue weighted by Crippen LogP contribution is -2.02. The summed E-state index contributed by atoms with van der Waals surface area (Å²) in [7, 11) is 0. The van der Waals surface area contributed by atoms with Gasteiger partial charge >= 0.3 is 0 Å². The zero-order chi connectivity index (χ0) is 9.97. The molecule has 72 valence electrons. The molecule has 0 unspecified atom stereocenters. The van der Waals surface area contributed by atoms with E-state index < -0.39 is 0 Å². The molecule has 2 rings (SSSR count). The van der Waals surface area contributed by atoms with Gasteiger partial charge in [-0.3, -0.25) is 4.79 Å². The van der Waals surface area contributed by atoms with Gasteiger partial charge in [0.05, 0.1) is 12.7 Å². The number of carbonyl (C=O) groups excluding carboxylic acids is 1. The summed E-state index contributed by atoms with van der Waals surface area (Å²) in [5.74, 6) is 0. The number of aryl methyl sites for hydroxylation is 1. The second-order valence-corrected chi connectivity index (χ2v) is 2.76. The van der Waals surface area contributed by atoms with Crippen LogP contribution < -0.4 is 0 Å². The molecule has 0 bridgehead atoms. The van der Waals surface area contributed by atoms with Gasteiger partial charge in [-0.25, -0.2) is 9.31 Å². The van der Waals surface area contributed by atoms with Crippen molar-refractivity contribution in [2.45, 2.75) is 13.5 Å². The Hall–Kier alpha value is -2.05. The van der Waals surface area contributed by atoms with Crippen LogP contribution in [0.15, 0.2) is 10.8 Å². The number of hydrogen-bond acceptors (Lipinski definition) is 6. The Balaban J connectivity index is 2.18. The van der Waals surface area contributed by atoms with Crippen LogP contribution in [0.2, 0.25) is 0 Å². The summed E-state index contributed by atoms with van der Waals surface area (Å²) in [5, 5.41) is 14.6. The van der Waals surface area contributed by atoms with E-state index in [1.54, 1.807) is 6.92 Å². The first-order valence-corrected chi connectivity index (χ1v) is 3.93. The van der Waals surface area contributed by atoms with Crippen molar-refractivity contribution in [1.29, 1.82) is 0 Å². The molecule has 2 heterocycles. The van der Waals surface area contributed by atoms with Crippen molar-refractivity contribution < 1.29 is 9.42 Å². The quantitative estimate of drug-likeness (QED) is 0.629. The highest BCUT2D eigenvalue weighted by Crippen LogP contribution is 2.02. The summed E-state index contributed by atoms with van der Waals surface area (Å²) < 4.78 is 6.02. The SMILES string of the molecule is Cc1nonc1Cn1cc(C=O)nn1. The molecule has 7 heteroatoms. The van der Waals surface area contributed by atoms with Crippen molar-refractivity contribution in [2.24, 2.45) is 0 Å². The molecular formula is C7H7N5O2. The Morgan fingerprint density at radius 1 is 1.57 bits per heavy atom. The van der Waals surface area contributed by atoms with Gasteiger partial charge in [-0.05, 0) is 6.92 Å². The minimum absolute atomic E-state index is 0.291. The molecule has 0 aliphatic rings. The van der Waals surface area contributed by atoms with Gasteiger partial charge in [0.15, 0.2) is 6.29 Å². The van der Waals surface area contributed by atoms with Crippen LogP contribution >= 0.6 is 0 Å². The molecule has 0 aliphatic heterocycles. The highest BCUT2D eigenvalue weighted by Gasteiger charge is 2.07. The molecule has 0 aliphatic carbocycles. The van der Waals surface area contributed by atoms with E-state index in [4.69, 9.17) is 0 Å². The third-order valence-electron chi connectivity index (χ3n) is 1.74. The fraction of sp³-hybridized carbons (Fsp3) is 0.286. The predicted molar refractivity (Wildman–Crippen MR) is 43.5 cm³/mol. The van der Waals surface area contributed by atoms with Crippen molar-refractivity contribution in [3.05, 3.63) is 23.3 Å². The fourth-order valence-electron chi connectivity index (χ4n) is 0.991. The number of carbonyl (C=O) groups is 1. The van der Waals surface area contributed by atoms with E-state index in [9.17, 15) is 4.79 Å². The molecule has 0 spiro atoms. The smallest absolute Gasteiger partial charge is 0.171 e. The average Bonchev–Trinajstić information content (AvgIpc) is 2.77. The highest BCUT2D eigenvalue weighted by molar-refractivity contribution is 5.70. The molecule has 0 aromatic carbocycles. The summed E-state index contributed by atoms with van der Waals surface area (Å²) in [4.78, 5) is 10.3. The van der Waals surface area contributed by atoms with Crippen LogP contribution in [0.25, 0.3) is 0 Å². The van der Waals surface area contributed by atoms with Gasteiger partial charge in [-0.1, -0.05) is 15.5 Å². The minimum atomic E-state index is 0.291.